The zero-order chi connectivity index (χ0) is 21.3. The highest BCUT2D eigenvalue weighted by molar-refractivity contribution is 5.98. The first-order valence-electron chi connectivity index (χ1n) is 9.48. The number of carbonyl (C=O) groups excluding carboxylic acids is 1. The minimum atomic E-state index is -1.25. The Labute approximate surface area is 171 Å². The summed E-state index contributed by atoms with van der Waals surface area (Å²) in [5.74, 6) is -2.63. The van der Waals surface area contributed by atoms with Crippen LogP contribution in [0.25, 0.3) is 10.8 Å². The number of fused-ring (bicyclic) bond motifs is 2. The Bertz CT molecular complexity index is 1210. The summed E-state index contributed by atoms with van der Waals surface area (Å²) in [4.78, 5) is 36.4. The predicted octanol–water partition coefficient (Wildman–Crippen LogP) is 1.64. The number of aromatic nitrogens is 1. The smallest absolute Gasteiger partial charge is 0.322 e. The lowest BCUT2D eigenvalue weighted by Crippen LogP contribution is -2.38. The van der Waals surface area contributed by atoms with E-state index in [1.165, 1.54) is 4.57 Å². The molecule has 0 saturated heterocycles. The van der Waals surface area contributed by atoms with Crippen LogP contribution in [0.1, 0.15) is 27.2 Å². The van der Waals surface area contributed by atoms with Crippen molar-refractivity contribution in [2.24, 2.45) is 0 Å². The van der Waals surface area contributed by atoms with Crippen molar-refractivity contribution in [2.45, 2.75) is 19.6 Å². The fourth-order valence-electron chi connectivity index (χ4n) is 3.73. The molecule has 0 radical (unpaired) electrons. The van der Waals surface area contributed by atoms with Crippen molar-refractivity contribution in [2.75, 3.05) is 13.2 Å². The van der Waals surface area contributed by atoms with Crippen molar-refractivity contribution in [1.82, 2.24) is 9.88 Å². The minimum absolute atomic E-state index is 0.0678. The molecule has 0 unspecified atom stereocenters. The molecule has 0 saturated carbocycles. The van der Waals surface area contributed by atoms with E-state index in [0.717, 1.165) is 16.3 Å². The maximum Gasteiger partial charge on any atom is 0.322 e. The second-order valence-corrected chi connectivity index (χ2v) is 7.10. The van der Waals surface area contributed by atoms with Gasteiger partial charge in [-0.1, -0.05) is 36.4 Å². The van der Waals surface area contributed by atoms with Crippen LogP contribution in [0, 0.1) is 0 Å². The van der Waals surface area contributed by atoms with Crippen LogP contribution in [0.15, 0.2) is 47.3 Å². The third kappa shape index (κ3) is 3.65. The van der Waals surface area contributed by atoms with Gasteiger partial charge in [0.1, 0.15) is 17.9 Å². The van der Waals surface area contributed by atoms with Gasteiger partial charge in [0, 0.05) is 17.7 Å². The molecule has 1 amide bonds. The Morgan fingerprint density at radius 2 is 1.90 bits per heavy atom. The summed E-state index contributed by atoms with van der Waals surface area (Å²) in [6, 6.07) is 13.7. The lowest BCUT2D eigenvalue weighted by Gasteiger charge is -2.24. The van der Waals surface area contributed by atoms with Gasteiger partial charge in [0.15, 0.2) is 0 Å². The summed E-state index contributed by atoms with van der Waals surface area (Å²) in [6.07, 6.45) is 0.419. The Morgan fingerprint density at radius 1 is 1.13 bits per heavy atom. The molecule has 2 aromatic carbocycles. The van der Waals surface area contributed by atoms with E-state index in [1.807, 2.05) is 42.5 Å². The SMILES string of the molecule is O=C(O)CNC(=O)c1c(O)c2c(n(Cc3ccc4ccccc4c3)c1=O)CCOC2. The molecular weight excluding hydrogens is 388 g/mol. The van der Waals surface area contributed by atoms with Crippen molar-refractivity contribution >= 4 is 22.6 Å². The number of ether oxygens (including phenoxy) is 1. The number of rotatable bonds is 5. The van der Waals surface area contributed by atoms with E-state index >= 15 is 0 Å². The number of hydrogen-bond acceptors (Lipinski definition) is 5. The maximum absolute atomic E-state index is 13.2. The van der Waals surface area contributed by atoms with Crippen LogP contribution >= 0.6 is 0 Å². The lowest BCUT2D eigenvalue weighted by atomic mass is 10.0. The van der Waals surface area contributed by atoms with Gasteiger partial charge in [-0.15, -0.1) is 0 Å². The number of carboxylic acid groups (broad SMARTS) is 1. The number of amides is 1. The molecule has 0 aliphatic carbocycles. The van der Waals surface area contributed by atoms with Gasteiger partial charge in [-0.2, -0.15) is 0 Å². The Balaban J connectivity index is 1.81. The molecule has 1 aliphatic rings. The zero-order valence-corrected chi connectivity index (χ0v) is 16.1. The maximum atomic E-state index is 13.2. The number of carbonyl (C=O) groups is 2. The molecule has 8 heteroatoms. The van der Waals surface area contributed by atoms with Crippen molar-refractivity contribution in [3.05, 3.63) is 75.2 Å². The molecule has 0 spiro atoms. The van der Waals surface area contributed by atoms with Gasteiger partial charge >= 0.3 is 5.97 Å². The standard InChI is InChI=1S/C22H20N2O6/c25-18(26)10-23-21(28)19-20(27)16-12-30-8-7-17(16)24(22(19)29)11-13-5-6-14-3-1-2-4-15(14)9-13/h1-6,9,27H,7-8,10-12H2,(H,23,28)(H,25,26). The molecule has 0 atom stereocenters. The molecule has 3 aromatic rings. The first-order chi connectivity index (χ1) is 14.5. The van der Waals surface area contributed by atoms with Crippen LogP contribution in [-0.2, 0) is 29.1 Å². The number of nitrogens with zero attached hydrogens (tertiary/aromatic N) is 1. The third-order valence-corrected chi connectivity index (χ3v) is 5.17. The monoisotopic (exact) mass is 408 g/mol. The molecule has 0 bridgehead atoms. The van der Waals surface area contributed by atoms with Crippen LogP contribution in [-0.4, -0.2) is 39.8 Å². The largest absolute Gasteiger partial charge is 0.506 e. The Kier molecular flexibility index (Phi) is 5.24. The Hall–Kier alpha value is -3.65. The number of aromatic hydroxyl groups is 1. The second kappa shape index (κ2) is 8.00. The van der Waals surface area contributed by atoms with Gasteiger partial charge in [-0.05, 0) is 22.4 Å². The number of nitrogens with one attached hydrogen (secondary N) is 1. The topological polar surface area (TPSA) is 118 Å². The van der Waals surface area contributed by atoms with E-state index in [4.69, 9.17) is 9.84 Å². The molecule has 0 fully saturated rings. The van der Waals surface area contributed by atoms with Crippen LogP contribution in [0.2, 0.25) is 0 Å². The summed E-state index contributed by atoms with van der Waals surface area (Å²) in [7, 11) is 0. The summed E-state index contributed by atoms with van der Waals surface area (Å²) < 4.78 is 6.88. The average molecular weight is 408 g/mol. The van der Waals surface area contributed by atoms with Crippen molar-refractivity contribution in [3.8, 4) is 5.75 Å². The van der Waals surface area contributed by atoms with E-state index in [0.29, 0.717) is 24.3 Å². The number of hydrogen-bond donors (Lipinski definition) is 3. The van der Waals surface area contributed by atoms with Crippen LogP contribution in [0.4, 0.5) is 0 Å². The number of carboxylic acids is 1. The molecule has 154 valence electrons. The van der Waals surface area contributed by atoms with Crippen LogP contribution in [0.3, 0.4) is 0 Å². The van der Waals surface area contributed by atoms with Gasteiger partial charge in [0.2, 0.25) is 0 Å². The highest BCUT2D eigenvalue weighted by atomic mass is 16.5. The molecule has 3 N–H and O–H groups in total. The summed E-state index contributed by atoms with van der Waals surface area (Å²) in [5.41, 5.74) is 0.728. The fourth-order valence-corrected chi connectivity index (χ4v) is 3.73. The van der Waals surface area contributed by atoms with Crippen molar-refractivity contribution in [1.29, 1.82) is 0 Å². The van der Waals surface area contributed by atoms with E-state index in [1.54, 1.807) is 0 Å². The van der Waals surface area contributed by atoms with Crippen LogP contribution in [0.5, 0.6) is 5.75 Å². The first-order valence-corrected chi connectivity index (χ1v) is 9.48. The highest BCUT2D eigenvalue weighted by Crippen LogP contribution is 2.28. The average Bonchev–Trinajstić information content (AvgIpc) is 2.75. The summed E-state index contributed by atoms with van der Waals surface area (Å²) in [6.45, 7) is 0.0218. The minimum Gasteiger partial charge on any atom is -0.506 e. The normalized spacial score (nSPS) is 13.1. The third-order valence-electron chi connectivity index (χ3n) is 5.17. The van der Waals surface area contributed by atoms with Gasteiger partial charge in [-0.25, -0.2) is 0 Å². The fraction of sp³-hybridized carbons (Fsp3) is 0.227. The summed E-state index contributed by atoms with van der Waals surface area (Å²) in [5, 5.41) is 23.6. The zero-order valence-electron chi connectivity index (χ0n) is 16.1. The molecular formula is C22H20N2O6. The first kappa shape index (κ1) is 19.7. The predicted molar refractivity (Wildman–Crippen MR) is 109 cm³/mol. The molecule has 4 rings (SSSR count). The van der Waals surface area contributed by atoms with Crippen molar-refractivity contribution in [3.63, 3.8) is 0 Å². The molecule has 8 nitrogen and oxygen atoms in total. The van der Waals surface area contributed by atoms with Crippen molar-refractivity contribution < 1.29 is 24.5 Å². The van der Waals surface area contributed by atoms with Gasteiger partial charge < -0.3 is 24.8 Å². The lowest BCUT2D eigenvalue weighted by molar-refractivity contribution is -0.135. The Morgan fingerprint density at radius 3 is 2.67 bits per heavy atom. The molecule has 30 heavy (non-hydrogen) atoms. The number of pyridine rings is 1. The van der Waals surface area contributed by atoms with E-state index in [2.05, 4.69) is 5.32 Å². The van der Waals surface area contributed by atoms with Gasteiger partial charge in [-0.3, -0.25) is 14.4 Å². The van der Waals surface area contributed by atoms with E-state index < -0.39 is 35.3 Å². The van der Waals surface area contributed by atoms with E-state index in [-0.39, 0.29) is 13.2 Å². The molecule has 2 heterocycles. The second-order valence-electron chi connectivity index (χ2n) is 7.10. The number of benzene rings is 2. The highest BCUT2D eigenvalue weighted by Gasteiger charge is 2.27. The quantitative estimate of drug-likeness (QED) is 0.591. The molecule has 1 aliphatic heterocycles. The van der Waals surface area contributed by atoms with Gasteiger partial charge in [0.05, 0.1) is 19.8 Å². The molecule has 1 aromatic heterocycles. The summed E-state index contributed by atoms with van der Waals surface area (Å²) >= 11 is 0. The van der Waals surface area contributed by atoms with E-state index in [9.17, 15) is 19.5 Å². The van der Waals surface area contributed by atoms with Crippen LogP contribution < -0.4 is 10.9 Å². The number of aliphatic carboxylic acids is 1. The van der Waals surface area contributed by atoms with Gasteiger partial charge in [0.25, 0.3) is 11.5 Å².